The molecule has 3 N–H and O–H groups in total. The number of aryl methyl sites for hydroxylation is 3. The molecule has 0 bridgehead atoms. The Morgan fingerprint density at radius 1 is 0.852 bits per heavy atom. The van der Waals surface area contributed by atoms with Gasteiger partial charge in [0.1, 0.15) is 0 Å². The molecule has 0 aromatic heterocycles. The minimum absolute atomic E-state index is 0.725. The van der Waals surface area contributed by atoms with Crippen molar-refractivity contribution in [2.75, 3.05) is 6.54 Å². The van der Waals surface area contributed by atoms with Gasteiger partial charge >= 0.3 is 0 Å². The summed E-state index contributed by atoms with van der Waals surface area (Å²) in [5.41, 5.74) is 12.8. The van der Waals surface area contributed by atoms with Crippen LogP contribution in [0.25, 0.3) is 11.1 Å². The summed E-state index contributed by atoms with van der Waals surface area (Å²) in [5, 5.41) is 11.0. The van der Waals surface area contributed by atoms with Crippen molar-refractivity contribution in [3.8, 4) is 11.1 Å². The number of aliphatic hydroxyl groups is 1. The van der Waals surface area contributed by atoms with Gasteiger partial charge in [-0.25, -0.2) is 0 Å². The highest BCUT2D eigenvalue weighted by atomic mass is 16.3. The van der Waals surface area contributed by atoms with Gasteiger partial charge in [0.25, 0.3) is 0 Å². The van der Waals surface area contributed by atoms with Crippen LogP contribution in [0, 0.1) is 0 Å². The maximum absolute atomic E-state index is 11.0. The molecule has 148 valence electrons. The van der Waals surface area contributed by atoms with Crippen LogP contribution in [0.5, 0.6) is 0 Å². The fourth-order valence-corrected chi connectivity index (χ4v) is 3.92. The second-order valence-corrected chi connectivity index (χ2v) is 7.60. The SMILES string of the molecule is CCCc1cc(C(O)(CC)CC)ccc1-c1cc(CCCN)ccc1CC. The summed E-state index contributed by atoms with van der Waals surface area (Å²) in [6.07, 6.45) is 6.68. The Morgan fingerprint density at radius 3 is 2.19 bits per heavy atom. The van der Waals surface area contributed by atoms with Gasteiger partial charge in [0.05, 0.1) is 5.60 Å². The lowest BCUT2D eigenvalue weighted by Gasteiger charge is -2.27. The van der Waals surface area contributed by atoms with Crippen molar-refractivity contribution in [3.63, 3.8) is 0 Å². The van der Waals surface area contributed by atoms with Crippen LogP contribution in [0.1, 0.15) is 75.6 Å². The molecule has 0 atom stereocenters. The minimum atomic E-state index is -0.725. The zero-order valence-electron chi connectivity index (χ0n) is 17.6. The molecule has 0 saturated carbocycles. The van der Waals surface area contributed by atoms with Crippen LogP contribution in [0.2, 0.25) is 0 Å². The molecule has 2 nitrogen and oxygen atoms in total. The Labute approximate surface area is 165 Å². The number of rotatable bonds is 10. The van der Waals surface area contributed by atoms with Gasteiger partial charge in [-0.2, -0.15) is 0 Å². The van der Waals surface area contributed by atoms with Gasteiger partial charge in [-0.15, -0.1) is 0 Å². The zero-order valence-corrected chi connectivity index (χ0v) is 17.6. The molecule has 0 aliphatic rings. The van der Waals surface area contributed by atoms with E-state index in [1.807, 2.05) is 0 Å². The third-order valence-electron chi connectivity index (χ3n) is 5.85. The van der Waals surface area contributed by atoms with Crippen LogP contribution in [0.3, 0.4) is 0 Å². The number of benzene rings is 2. The summed E-state index contributed by atoms with van der Waals surface area (Å²) >= 11 is 0. The normalized spacial score (nSPS) is 11.8. The van der Waals surface area contributed by atoms with E-state index in [0.717, 1.165) is 57.1 Å². The molecule has 0 radical (unpaired) electrons. The molecule has 0 fully saturated rings. The van der Waals surface area contributed by atoms with Gasteiger partial charge in [0.2, 0.25) is 0 Å². The summed E-state index contributed by atoms with van der Waals surface area (Å²) in [5.74, 6) is 0. The summed E-state index contributed by atoms with van der Waals surface area (Å²) in [6.45, 7) is 9.30. The van der Waals surface area contributed by atoms with Gasteiger partial charge in [-0.1, -0.05) is 70.5 Å². The lowest BCUT2D eigenvalue weighted by molar-refractivity contribution is 0.0283. The van der Waals surface area contributed by atoms with Crippen LogP contribution in [0.15, 0.2) is 36.4 Å². The van der Waals surface area contributed by atoms with Gasteiger partial charge in [-0.3, -0.25) is 0 Å². The smallest absolute Gasteiger partial charge is 0.0891 e. The van der Waals surface area contributed by atoms with Crippen molar-refractivity contribution in [1.29, 1.82) is 0 Å². The highest BCUT2D eigenvalue weighted by molar-refractivity contribution is 5.72. The highest BCUT2D eigenvalue weighted by Crippen LogP contribution is 2.35. The van der Waals surface area contributed by atoms with Crippen LogP contribution in [0.4, 0.5) is 0 Å². The molecule has 0 aliphatic carbocycles. The first-order valence-electron chi connectivity index (χ1n) is 10.7. The van der Waals surface area contributed by atoms with Gasteiger partial charge in [0, 0.05) is 0 Å². The predicted molar refractivity (Wildman–Crippen MR) is 117 cm³/mol. The summed E-state index contributed by atoms with van der Waals surface area (Å²) in [6, 6.07) is 13.5. The maximum atomic E-state index is 11.0. The monoisotopic (exact) mass is 367 g/mol. The molecule has 27 heavy (non-hydrogen) atoms. The van der Waals surface area contributed by atoms with E-state index in [-0.39, 0.29) is 0 Å². The van der Waals surface area contributed by atoms with Crippen LogP contribution in [-0.2, 0) is 24.9 Å². The third-order valence-corrected chi connectivity index (χ3v) is 5.85. The van der Waals surface area contributed by atoms with Crippen molar-refractivity contribution in [2.24, 2.45) is 5.73 Å². The lowest BCUT2D eigenvalue weighted by Crippen LogP contribution is -2.23. The average molecular weight is 368 g/mol. The second kappa shape index (κ2) is 10.1. The average Bonchev–Trinajstić information content (AvgIpc) is 2.71. The lowest BCUT2D eigenvalue weighted by atomic mass is 9.83. The number of nitrogens with two attached hydrogens (primary N) is 1. The Bertz CT molecular complexity index is 731. The molecule has 0 unspecified atom stereocenters. The molecule has 2 aromatic carbocycles. The van der Waals surface area contributed by atoms with Crippen molar-refractivity contribution >= 4 is 0 Å². The Hall–Kier alpha value is -1.64. The van der Waals surface area contributed by atoms with Crippen molar-refractivity contribution in [2.45, 2.75) is 78.2 Å². The standard InChI is InChI=1S/C25H37NO/c1-5-10-21-18-22(25(27,7-3)8-4)14-15-23(21)24-17-19(11-9-16-26)12-13-20(24)6-2/h12-15,17-18,27H,5-11,16,26H2,1-4H3. The fourth-order valence-electron chi connectivity index (χ4n) is 3.92. The first-order valence-corrected chi connectivity index (χ1v) is 10.7. The Balaban J connectivity index is 2.56. The summed E-state index contributed by atoms with van der Waals surface area (Å²) in [4.78, 5) is 0. The highest BCUT2D eigenvalue weighted by Gasteiger charge is 2.25. The first-order chi connectivity index (χ1) is 13.0. The molecule has 0 spiro atoms. The molecule has 2 aromatic rings. The predicted octanol–water partition coefficient (Wildman–Crippen LogP) is 5.77. The van der Waals surface area contributed by atoms with E-state index in [0.29, 0.717) is 0 Å². The number of hydrogen-bond acceptors (Lipinski definition) is 2. The molecule has 0 amide bonds. The molecule has 2 heteroatoms. The molecule has 0 aliphatic heterocycles. The van der Waals surface area contributed by atoms with Crippen LogP contribution < -0.4 is 5.73 Å². The van der Waals surface area contributed by atoms with E-state index in [1.165, 1.54) is 27.8 Å². The topological polar surface area (TPSA) is 46.2 Å². The number of hydrogen-bond donors (Lipinski definition) is 2. The van der Waals surface area contributed by atoms with E-state index >= 15 is 0 Å². The third kappa shape index (κ3) is 5.00. The van der Waals surface area contributed by atoms with E-state index in [2.05, 4.69) is 64.1 Å². The van der Waals surface area contributed by atoms with Crippen molar-refractivity contribution in [1.82, 2.24) is 0 Å². The Kier molecular flexibility index (Phi) is 8.07. The fraction of sp³-hybridized carbons (Fsp3) is 0.520. The quantitative estimate of drug-likeness (QED) is 0.560. The molecule has 2 rings (SSSR count). The molecule has 0 saturated heterocycles. The van der Waals surface area contributed by atoms with E-state index in [4.69, 9.17) is 5.73 Å². The van der Waals surface area contributed by atoms with E-state index in [9.17, 15) is 5.11 Å². The van der Waals surface area contributed by atoms with Gasteiger partial charge < -0.3 is 10.8 Å². The largest absolute Gasteiger partial charge is 0.385 e. The molecular weight excluding hydrogens is 330 g/mol. The van der Waals surface area contributed by atoms with Crippen molar-refractivity contribution in [3.05, 3.63) is 58.7 Å². The van der Waals surface area contributed by atoms with E-state index in [1.54, 1.807) is 0 Å². The van der Waals surface area contributed by atoms with Crippen molar-refractivity contribution < 1.29 is 5.11 Å². The first kappa shape index (κ1) is 21.7. The second-order valence-electron chi connectivity index (χ2n) is 7.60. The zero-order chi connectivity index (χ0) is 19.9. The van der Waals surface area contributed by atoms with Crippen LogP contribution in [-0.4, -0.2) is 11.7 Å². The van der Waals surface area contributed by atoms with Gasteiger partial charge in [0.15, 0.2) is 0 Å². The molecular formula is C25H37NO. The van der Waals surface area contributed by atoms with Gasteiger partial charge in [-0.05, 0) is 78.5 Å². The minimum Gasteiger partial charge on any atom is -0.385 e. The molecule has 0 heterocycles. The maximum Gasteiger partial charge on any atom is 0.0891 e. The summed E-state index contributed by atoms with van der Waals surface area (Å²) < 4.78 is 0. The van der Waals surface area contributed by atoms with E-state index < -0.39 is 5.60 Å². The Morgan fingerprint density at radius 2 is 1.59 bits per heavy atom. The summed E-state index contributed by atoms with van der Waals surface area (Å²) in [7, 11) is 0. The van der Waals surface area contributed by atoms with Crippen LogP contribution >= 0.6 is 0 Å².